The SMILES string of the molecule is Nc1nc(C2CC2)c(Cc2cccc3ccccc23)s1. The van der Waals surface area contributed by atoms with Crippen LogP contribution in [0.5, 0.6) is 0 Å². The maximum atomic E-state index is 5.92. The Balaban J connectivity index is 1.77. The molecule has 0 amide bonds. The number of thiazole rings is 1. The van der Waals surface area contributed by atoms with Crippen LogP contribution in [0.1, 0.15) is 34.9 Å². The van der Waals surface area contributed by atoms with E-state index < -0.39 is 0 Å². The van der Waals surface area contributed by atoms with Crippen molar-refractivity contribution in [2.45, 2.75) is 25.2 Å². The van der Waals surface area contributed by atoms with Crippen molar-refractivity contribution in [3.63, 3.8) is 0 Å². The first kappa shape index (κ1) is 11.9. The van der Waals surface area contributed by atoms with Crippen LogP contribution in [0.25, 0.3) is 10.8 Å². The lowest BCUT2D eigenvalue weighted by Crippen LogP contribution is -1.92. The van der Waals surface area contributed by atoms with Crippen molar-refractivity contribution < 1.29 is 0 Å². The fraction of sp³-hybridized carbons (Fsp3) is 0.235. The van der Waals surface area contributed by atoms with Gasteiger partial charge in [-0.25, -0.2) is 4.98 Å². The van der Waals surface area contributed by atoms with Crippen LogP contribution in [0.4, 0.5) is 5.13 Å². The first-order valence-electron chi connectivity index (χ1n) is 7.03. The minimum Gasteiger partial charge on any atom is -0.375 e. The van der Waals surface area contributed by atoms with Gasteiger partial charge in [-0.2, -0.15) is 0 Å². The number of nitrogens with two attached hydrogens (primary N) is 1. The Morgan fingerprint density at radius 1 is 1.10 bits per heavy atom. The molecule has 0 radical (unpaired) electrons. The Bertz CT molecular complexity index is 766. The van der Waals surface area contributed by atoms with Gasteiger partial charge < -0.3 is 5.73 Å². The normalized spacial score (nSPS) is 14.8. The number of nitrogens with zero attached hydrogens (tertiary/aromatic N) is 1. The first-order chi connectivity index (χ1) is 9.81. The Morgan fingerprint density at radius 2 is 1.90 bits per heavy atom. The second-order valence-corrected chi connectivity index (χ2v) is 6.57. The van der Waals surface area contributed by atoms with E-state index in [0.29, 0.717) is 11.0 Å². The van der Waals surface area contributed by atoms with E-state index in [-0.39, 0.29) is 0 Å². The maximum absolute atomic E-state index is 5.92. The molecule has 20 heavy (non-hydrogen) atoms. The molecule has 1 saturated carbocycles. The minimum atomic E-state index is 0.661. The average Bonchev–Trinajstić information content (AvgIpc) is 3.24. The van der Waals surface area contributed by atoms with E-state index in [2.05, 4.69) is 47.4 Å². The van der Waals surface area contributed by atoms with Gasteiger partial charge in [0.1, 0.15) is 0 Å². The van der Waals surface area contributed by atoms with Gasteiger partial charge in [-0.15, -0.1) is 11.3 Å². The van der Waals surface area contributed by atoms with Crippen LogP contribution < -0.4 is 5.73 Å². The van der Waals surface area contributed by atoms with E-state index >= 15 is 0 Å². The molecule has 0 atom stereocenters. The predicted molar refractivity (Wildman–Crippen MR) is 85.3 cm³/mol. The Morgan fingerprint density at radius 3 is 2.75 bits per heavy atom. The van der Waals surface area contributed by atoms with E-state index in [1.54, 1.807) is 11.3 Å². The second-order valence-electron chi connectivity index (χ2n) is 5.45. The average molecular weight is 280 g/mol. The molecule has 1 aliphatic carbocycles. The molecule has 0 spiro atoms. The van der Waals surface area contributed by atoms with E-state index in [1.165, 1.54) is 39.7 Å². The van der Waals surface area contributed by atoms with Crippen molar-refractivity contribution in [2.24, 2.45) is 0 Å². The summed E-state index contributed by atoms with van der Waals surface area (Å²) in [7, 11) is 0. The number of hydrogen-bond donors (Lipinski definition) is 1. The van der Waals surface area contributed by atoms with Gasteiger partial charge in [-0.1, -0.05) is 42.5 Å². The van der Waals surface area contributed by atoms with Crippen molar-refractivity contribution >= 4 is 27.2 Å². The van der Waals surface area contributed by atoms with Crippen molar-refractivity contribution in [3.05, 3.63) is 58.6 Å². The third kappa shape index (κ3) is 2.08. The van der Waals surface area contributed by atoms with Crippen molar-refractivity contribution in [1.29, 1.82) is 0 Å². The molecular weight excluding hydrogens is 264 g/mol. The van der Waals surface area contributed by atoms with Crippen LogP contribution in [0.3, 0.4) is 0 Å². The summed E-state index contributed by atoms with van der Waals surface area (Å²) in [6.45, 7) is 0. The van der Waals surface area contributed by atoms with Crippen molar-refractivity contribution in [1.82, 2.24) is 4.98 Å². The highest BCUT2D eigenvalue weighted by Gasteiger charge is 2.29. The van der Waals surface area contributed by atoms with Gasteiger partial charge in [-0.3, -0.25) is 0 Å². The molecule has 4 rings (SSSR count). The molecule has 0 aliphatic heterocycles. The van der Waals surface area contributed by atoms with Crippen LogP contribution in [0.15, 0.2) is 42.5 Å². The van der Waals surface area contributed by atoms with Crippen molar-refractivity contribution in [3.8, 4) is 0 Å². The van der Waals surface area contributed by atoms with Crippen LogP contribution in [0.2, 0.25) is 0 Å². The molecular formula is C17H16N2S. The molecule has 1 heterocycles. The minimum absolute atomic E-state index is 0.661. The Hall–Kier alpha value is -1.87. The van der Waals surface area contributed by atoms with Crippen molar-refractivity contribution in [2.75, 3.05) is 5.73 Å². The van der Waals surface area contributed by atoms with Gasteiger partial charge in [0, 0.05) is 17.2 Å². The molecule has 0 unspecified atom stereocenters. The summed E-state index contributed by atoms with van der Waals surface area (Å²) in [5, 5.41) is 3.35. The number of nitrogen functional groups attached to an aromatic ring is 1. The lowest BCUT2D eigenvalue weighted by atomic mass is 10.0. The smallest absolute Gasteiger partial charge is 0.180 e. The molecule has 1 fully saturated rings. The largest absolute Gasteiger partial charge is 0.375 e. The molecule has 1 aromatic heterocycles. The summed E-state index contributed by atoms with van der Waals surface area (Å²) in [5.74, 6) is 0.661. The predicted octanol–water partition coefficient (Wildman–Crippen LogP) is 4.35. The Labute approximate surface area is 122 Å². The summed E-state index contributed by atoms with van der Waals surface area (Å²) in [5.41, 5.74) is 8.54. The number of benzene rings is 2. The summed E-state index contributed by atoms with van der Waals surface area (Å²) < 4.78 is 0. The van der Waals surface area contributed by atoms with Gasteiger partial charge >= 0.3 is 0 Å². The topological polar surface area (TPSA) is 38.9 Å². The van der Waals surface area contributed by atoms with Gasteiger partial charge in [-0.05, 0) is 29.2 Å². The highest BCUT2D eigenvalue weighted by Crippen LogP contribution is 2.44. The number of fused-ring (bicyclic) bond motifs is 1. The summed E-state index contributed by atoms with van der Waals surface area (Å²) >= 11 is 1.65. The van der Waals surface area contributed by atoms with Crippen LogP contribution in [-0.4, -0.2) is 4.98 Å². The lowest BCUT2D eigenvalue weighted by Gasteiger charge is -2.06. The monoisotopic (exact) mass is 280 g/mol. The molecule has 0 saturated heterocycles. The van der Waals surface area contributed by atoms with Crippen LogP contribution in [0, 0.1) is 0 Å². The highest BCUT2D eigenvalue weighted by atomic mass is 32.1. The molecule has 3 aromatic rings. The van der Waals surface area contributed by atoms with E-state index in [4.69, 9.17) is 5.73 Å². The fourth-order valence-electron chi connectivity index (χ4n) is 2.80. The maximum Gasteiger partial charge on any atom is 0.180 e. The highest BCUT2D eigenvalue weighted by molar-refractivity contribution is 7.15. The Kier molecular flexibility index (Phi) is 2.74. The van der Waals surface area contributed by atoms with Gasteiger partial charge in [0.05, 0.1) is 5.69 Å². The molecule has 100 valence electrons. The second kappa shape index (κ2) is 4.60. The van der Waals surface area contributed by atoms with Crippen LogP contribution >= 0.6 is 11.3 Å². The number of rotatable bonds is 3. The van der Waals surface area contributed by atoms with E-state index in [1.807, 2.05) is 0 Å². The zero-order chi connectivity index (χ0) is 13.5. The molecule has 0 bridgehead atoms. The standard InChI is InChI=1S/C17H16N2S/c18-17-19-16(12-8-9-12)15(20-17)10-13-6-3-5-11-4-1-2-7-14(11)13/h1-7,12H,8-10H2,(H2,18,19). The summed E-state index contributed by atoms with van der Waals surface area (Å²) in [6.07, 6.45) is 3.49. The number of hydrogen-bond acceptors (Lipinski definition) is 3. The quantitative estimate of drug-likeness (QED) is 0.774. The lowest BCUT2D eigenvalue weighted by molar-refractivity contribution is 1.01. The molecule has 2 N–H and O–H groups in total. The van der Waals surface area contributed by atoms with E-state index in [0.717, 1.165) is 6.42 Å². The van der Waals surface area contributed by atoms with Gasteiger partial charge in [0.15, 0.2) is 5.13 Å². The van der Waals surface area contributed by atoms with Crippen LogP contribution in [-0.2, 0) is 6.42 Å². The molecule has 2 nitrogen and oxygen atoms in total. The third-order valence-electron chi connectivity index (χ3n) is 3.94. The molecule has 2 aromatic carbocycles. The molecule has 3 heteroatoms. The van der Waals surface area contributed by atoms with E-state index in [9.17, 15) is 0 Å². The fourth-order valence-corrected chi connectivity index (χ4v) is 3.75. The first-order valence-corrected chi connectivity index (χ1v) is 7.84. The van der Waals surface area contributed by atoms with Gasteiger partial charge in [0.2, 0.25) is 0 Å². The number of aromatic nitrogens is 1. The zero-order valence-electron chi connectivity index (χ0n) is 11.2. The summed E-state index contributed by atoms with van der Waals surface area (Å²) in [6, 6.07) is 15.1. The molecule has 1 aliphatic rings. The third-order valence-corrected chi connectivity index (χ3v) is 4.84. The zero-order valence-corrected chi connectivity index (χ0v) is 12.0. The number of anilines is 1. The summed E-state index contributed by atoms with van der Waals surface area (Å²) in [4.78, 5) is 5.89. The van der Waals surface area contributed by atoms with Gasteiger partial charge in [0.25, 0.3) is 0 Å².